The summed E-state index contributed by atoms with van der Waals surface area (Å²) in [6.07, 6.45) is 4.14. The van der Waals surface area contributed by atoms with Gasteiger partial charge < -0.3 is 9.32 Å². The van der Waals surface area contributed by atoms with Crippen LogP contribution in [0.25, 0.3) is 5.78 Å². The molecule has 0 unspecified atom stereocenters. The maximum Gasteiger partial charge on any atom is 0.252 e. The van der Waals surface area contributed by atoms with Crippen LogP contribution in [-0.2, 0) is 24.3 Å². The van der Waals surface area contributed by atoms with Crippen molar-refractivity contribution >= 4 is 23.0 Å². The molecule has 0 bridgehead atoms. The minimum Gasteiger partial charge on any atom is -0.467 e. The summed E-state index contributed by atoms with van der Waals surface area (Å²) in [4.78, 5) is 24.7. The van der Waals surface area contributed by atoms with Crippen molar-refractivity contribution < 1.29 is 9.21 Å². The molecule has 1 amide bonds. The second-order valence-corrected chi connectivity index (χ2v) is 7.67. The molecule has 0 fully saturated rings. The maximum absolute atomic E-state index is 13.0. The van der Waals surface area contributed by atoms with Gasteiger partial charge in [0.25, 0.3) is 5.78 Å². The second-order valence-electron chi connectivity index (χ2n) is 6.64. The fraction of sp³-hybridized carbons (Fsp3) is 0.300. The molecule has 4 heterocycles. The number of nitrogens with zero attached hydrogens (tertiary/aromatic N) is 5. The van der Waals surface area contributed by atoms with Gasteiger partial charge in [-0.05, 0) is 49.4 Å². The number of furan rings is 1. The van der Waals surface area contributed by atoms with Crippen molar-refractivity contribution in [3.63, 3.8) is 0 Å². The van der Waals surface area contributed by atoms with Crippen molar-refractivity contribution in [2.24, 2.45) is 0 Å². The van der Waals surface area contributed by atoms with Gasteiger partial charge >= 0.3 is 0 Å². The van der Waals surface area contributed by atoms with Crippen molar-refractivity contribution in [1.29, 1.82) is 0 Å². The number of rotatable bonds is 7. The Morgan fingerprint density at radius 3 is 2.89 bits per heavy atom. The first-order valence-electron chi connectivity index (χ1n) is 9.10. The molecule has 0 aromatic carbocycles. The van der Waals surface area contributed by atoms with Gasteiger partial charge in [0.15, 0.2) is 0 Å². The molecule has 4 aromatic rings. The number of aryl methyl sites for hydroxylation is 2. The van der Waals surface area contributed by atoms with Crippen LogP contribution >= 0.6 is 11.3 Å². The van der Waals surface area contributed by atoms with E-state index in [4.69, 9.17) is 4.42 Å². The number of hydrogen-bond donors (Lipinski definition) is 0. The van der Waals surface area contributed by atoms with Crippen molar-refractivity contribution in [2.45, 2.75) is 39.8 Å². The number of fused-ring (bicyclic) bond motifs is 1. The average molecular weight is 395 g/mol. The number of carbonyl (C=O) groups excluding carboxylic acids is 1. The Morgan fingerprint density at radius 2 is 2.14 bits per heavy atom. The molecule has 0 aliphatic heterocycles. The molecule has 0 saturated carbocycles. The lowest BCUT2D eigenvalue weighted by atomic mass is 10.1. The molecule has 8 heteroatoms. The average Bonchev–Trinajstić information content (AvgIpc) is 3.43. The topological polar surface area (TPSA) is 76.5 Å². The van der Waals surface area contributed by atoms with Gasteiger partial charge in [0.2, 0.25) is 5.91 Å². The molecule has 0 aliphatic carbocycles. The molecule has 144 valence electrons. The highest BCUT2D eigenvalue weighted by Crippen LogP contribution is 2.19. The molecule has 0 atom stereocenters. The predicted octanol–water partition coefficient (Wildman–Crippen LogP) is 3.56. The van der Waals surface area contributed by atoms with Gasteiger partial charge in [0.05, 0.1) is 19.4 Å². The standard InChI is InChI=1S/C20H21N5O2S/c1-14-18(15(2)25-20(23-14)21-13-22-25)7-8-19(26)24(11-16-5-3-9-27-16)12-17-6-4-10-28-17/h3-6,9-10,13H,7-8,11-12H2,1-2H3. The highest BCUT2D eigenvalue weighted by atomic mass is 32.1. The van der Waals surface area contributed by atoms with Gasteiger partial charge in [-0.3, -0.25) is 4.79 Å². The molecular formula is C20H21N5O2S. The van der Waals surface area contributed by atoms with E-state index in [0.29, 0.717) is 31.7 Å². The van der Waals surface area contributed by atoms with Crippen LogP contribution in [0, 0.1) is 13.8 Å². The van der Waals surface area contributed by atoms with Crippen LogP contribution in [0.3, 0.4) is 0 Å². The van der Waals surface area contributed by atoms with Crippen LogP contribution < -0.4 is 0 Å². The quantitative estimate of drug-likeness (QED) is 0.478. The van der Waals surface area contributed by atoms with E-state index >= 15 is 0 Å². The fourth-order valence-electron chi connectivity index (χ4n) is 3.32. The van der Waals surface area contributed by atoms with Crippen LogP contribution in [-0.4, -0.2) is 30.4 Å². The zero-order valence-corrected chi connectivity index (χ0v) is 16.6. The van der Waals surface area contributed by atoms with Crippen molar-refractivity contribution in [3.05, 3.63) is 69.8 Å². The first kappa shape index (κ1) is 18.4. The van der Waals surface area contributed by atoms with E-state index in [0.717, 1.165) is 27.6 Å². The monoisotopic (exact) mass is 395 g/mol. The Morgan fingerprint density at radius 1 is 1.25 bits per heavy atom. The van der Waals surface area contributed by atoms with E-state index < -0.39 is 0 Å². The SMILES string of the molecule is Cc1nc2ncnn2c(C)c1CCC(=O)N(Cc1ccco1)Cc1cccs1. The number of hydrogen-bond acceptors (Lipinski definition) is 6. The Bertz CT molecular complexity index is 1030. The van der Waals surface area contributed by atoms with E-state index in [1.54, 1.807) is 22.1 Å². The Hall–Kier alpha value is -3.00. The number of amides is 1. The van der Waals surface area contributed by atoms with Crippen LogP contribution in [0.4, 0.5) is 0 Å². The molecule has 0 aliphatic rings. The van der Waals surface area contributed by atoms with Crippen molar-refractivity contribution in [3.8, 4) is 0 Å². The first-order chi connectivity index (χ1) is 13.6. The van der Waals surface area contributed by atoms with Gasteiger partial charge in [-0.1, -0.05) is 6.07 Å². The molecule has 0 N–H and O–H groups in total. The third-order valence-corrected chi connectivity index (χ3v) is 5.64. The van der Waals surface area contributed by atoms with E-state index in [-0.39, 0.29) is 5.91 Å². The number of thiophene rings is 1. The minimum absolute atomic E-state index is 0.0855. The van der Waals surface area contributed by atoms with Gasteiger partial charge in [-0.2, -0.15) is 10.1 Å². The highest BCUT2D eigenvalue weighted by Gasteiger charge is 2.18. The van der Waals surface area contributed by atoms with Crippen LogP contribution in [0.15, 0.2) is 46.7 Å². The van der Waals surface area contributed by atoms with Gasteiger partial charge in [-0.25, -0.2) is 9.50 Å². The Labute approximate surface area is 166 Å². The summed E-state index contributed by atoms with van der Waals surface area (Å²) in [6.45, 7) is 4.98. The van der Waals surface area contributed by atoms with Crippen LogP contribution in [0.5, 0.6) is 0 Å². The number of aromatic nitrogens is 4. The Kier molecular flexibility index (Phi) is 5.21. The highest BCUT2D eigenvalue weighted by molar-refractivity contribution is 7.09. The maximum atomic E-state index is 13.0. The zero-order valence-electron chi connectivity index (χ0n) is 15.8. The van der Waals surface area contributed by atoms with Gasteiger partial charge in [0, 0.05) is 22.7 Å². The lowest BCUT2D eigenvalue weighted by Gasteiger charge is -2.21. The predicted molar refractivity (Wildman–Crippen MR) is 106 cm³/mol. The fourth-order valence-corrected chi connectivity index (χ4v) is 4.04. The third kappa shape index (κ3) is 3.82. The molecule has 0 spiro atoms. The molecule has 0 saturated heterocycles. The second kappa shape index (κ2) is 7.93. The molecule has 28 heavy (non-hydrogen) atoms. The lowest BCUT2D eigenvalue weighted by Crippen LogP contribution is -2.30. The summed E-state index contributed by atoms with van der Waals surface area (Å²) in [5.41, 5.74) is 2.91. The first-order valence-corrected chi connectivity index (χ1v) is 9.98. The summed E-state index contributed by atoms with van der Waals surface area (Å²) in [6, 6.07) is 7.78. The molecule has 4 rings (SSSR count). The summed E-state index contributed by atoms with van der Waals surface area (Å²) in [5, 5.41) is 6.24. The molecule has 4 aromatic heterocycles. The van der Waals surface area contributed by atoms with Crippen molar-refractivity contribution in [2.75, 3.05) is 0 Å². The summed E-state index contributed by atoms with van der Waals surface area (Å²) in [7, 11) is 0. The van der Waals surface area contributed by atoms with Gasteiger partial charge in [-0.15, -0.1) is 11.3 Å². The number of carbonyl (C=O) groups is 1. The van der Waals surface area contributed by atoms with Crippen LogP contribution in [0.1, 0.15) is 34.0 Å². The van der Waals surface area contributed by atoms with E-state index in [1.165, 1.54) is 6.33 Å². The Balaban J connectivity index is 1.51. The van der Waals surface area contributed by atoms with Crippen LogP contribution in [0.2, 0.25) is 0 Å². The third-order valence-electron chi connectivity index (χ3n) is 4.78. The summed E-state index contributed by atoms with van der Waals surface area (Å²) >= 11 is 1.65. The smallest absolute Gasteiger partial charge is 0.252 e. The molecule has 0 radical (unpaired) electrons. The normalized spacial score (nSPS) is 11.2. The van der Waals surface area contributed by atoms with E-state index in [9.17, 15) is 4.79 Å². The van der Waals surface area contributed by atoms with E-state index in [2.05, 4.69) is 15.1 Å². The summed E-state index contributed by atoms with van der Waals surface area (Å²) < 4.78 is 7.18. The summed E-state index contributed by atoms with van der Waals surface area (Å²) in [5.74, 6) is 1.45. The van der Waals surface area contributed by atoms with Gasteiger partial charge in [0.1, 0.15) is 12.1 Å². The van der Waals surface area contributed by atoms with E-state index in [1.807, 2.05) is 48.4 Å². The minimum atomic E-state index is 0.0855. The zero-order chi connectivity index (χ0) is 19.5. The largest absolute Gasteiger partial charge is 0.467 e. The van der Waals surface area contributed by atoms with Crippen molar-refractivity contribution in [1.82, 2.24) is 24.5 Å². The molecular weight excluding hydrogens is 374 g/mol. The molecule has 7 nitrogen and oxygen atoms in total. The lowest BCUT2D eigenvalue weighted by molar-refractivity contribution is -0.132.